The number of aliphatic hydroxyl groups excluding tert-OH is 2. The zero-order chi connectivity index (χ0) is 22.0. The normalized spacial score (nSPS) is 17.8. The molecule has 0 spiro atoms. The molecule has 168 valence electrons. The number of aromatic nitrogens is 2. The van der Waals surface area contributed by atoms with Crippen molar-refractivity contribution in [1.29, 1.82) is 0 Å². The summed E-state index contributed by atoms with van der Waals surface area (Å²) in [6, 6.07) is 11.4. The molecule has 7 nitrogen and oxygen atoms in total. The summed E-state index contributed by atoms with van der Waals surface area (Å²) in [7, 11) is 0. The van der Waals surface area contributed by atoms with Gasteiger partial charge in [0.25, 0.3) is 0 Å². The first-order valence-electron chi connectivity index (χ1n) is 10.2. The molecule has 2 aromatic carbocycles. The minimum Gasteiger partial charge on any atom is -0.396 e. The minimum atomic E-state index is -0.00606. The van der Waals surface area contributed by atoms with E-state index in [-0.39, 0.29) is 37.5 Å². The molecule has 1 saturated heterocycles. The van der Waals surface area contributed by atoms with Crippen molar-refractivity contribution >= 4 is 52.1 Å². The first-order chi connectivity index (χ1) is 15.0. The molecule has 2 atom stereocenters. The lowest BCUT2D eigenvalue weighted by molar-refractivity contribution is 0.152. The smallest absolute Gasteiger partial charge is 0.188 e. The average molecular weight is 474 g/mol. The van der Waals surface area contributed by atoms with Crippen molar-refractivity contribution in [3.05, 3.63) is 64.0 Å². The second-order valence-electron chi connectivity index (χ2n) is 7.94. The lowest BCUT2D eigenvalue weighted by Gasteiger charge is -2.20. The Morgan fingerprint density at radius 3 is 2.44 bits per heavy atom. The highest BCUT2D eigenvalue weighted by molar-refractivity contribution is 6.31. The van der Waals surface area contributed by atoms with Crippen LogP contribution in [0.5, 0.6) is 0 Å². The Labute approximate surface area is 198 Å². The van der Waals surface area contributed by atoms with E-state index in [0.717, 1.165) is 21.9 Å². The van der Waals surface area contributed by atoms with Crippen LogP contribution in [-0.2, 0) is 6.54 Å². The third kappa shape index (κ3) is 4.74. The zero-order valence-corrected chi connectivity index (χ0v) is 19.2. The average Bonchev–Trinajstić information content (AvgIpc) is 3.22. The Morgan fingerprint density at radius 1 is 1.09 bits per heavy atom. The Bertz CT molecular complexity index is 1140. The maximum absolute atomic E-state index is 9.65. The molecule has 0 amide bonds. The standard InChI is InChI=1S/C23H24ClN5O2.ClH/c1-14-3-4-15(7-21(14)24)9-26-22-20-8-18(25-2)5-6-19(20)23(28-27-22)29-10-16(12-30)17(11-29)13-31;/h3-8,16-17,30-31H,9-13H2,1H3,(H,26,27);1H/t16-,17+;. The molecular weight excluding hydrogens is 449 g/mol. The molecule has 1 aliphatic heterocycles. The van der Waals surface area contributed by atoms with Gasteiger partial charge in [-0.15, -0.1) is 22.6 Å². The van der Waals surface area contributed by atoms with E-state index in [1.807, 2.05) is 37.3 Å². The van der Waals surface area contributed by atoms with Gasteiger partial charge in [-0.2, -0.15) is 0 Å². The molecule has 32 heavy (non-hydrogen) atoms. The fourth-order valence-corrected chi connectivity index (χ4v) is 4.22. The van der Waals surface area contributed by atoms with Crippen molar-refractivity contribution < 1.29 is 10.2 Å². The molecule has 1 fully saturated rings. The number of halogens is 2. The van der Waals surface area contributed by atoms with Crippen molar-refractivity contribution in [2.45, 2.75) is 13.5 Å². The minimum absolute atomic E-state index is 0. The summed E-state index contributed by atoms with van der Waals surface area (Å²) in [5.41, 5.74) is 2.57. The molecule has 0 bridgehead atoms. The first-order valence-corrected chi connectivity index (χ1v) is 10.5. The van der Waals surface area contributed by atoms with E-state index in [0.29, 0.717) is 42.0 Å². The number of hydrogen-bond donors (Lipinski definition) is 3. The topological polar surface area (TPSA) is 85.9 Å². The van der Waals surface area contributed by atoms with Gasteiger partial charge in [0.05, 0.1) is 6.57 Å². The Balaban J connectivity index is 0.00000289. The number of nitrogens with zero attached hydrogens (tertiary/aromatic N) is 4. The van der Waals surface area contributed by atoms with Crippen LogP contribution in [0.3, 0.4) is 0 Å². The molecule has 0 unspecified atom stereocenters. The van der Waals surface area contributed by atoms with Crippen molar-refractivity contribution in [2.24, 2.45) is 11.8 Å². The van der Waals surface area contributed by atoms with Crippen LogP contribution in [0, 0.1) is 25.3 Å². The summed E-state index contributed by atoms with van der Waals surface area (Å²) in [6.07, 6.45) is 0. The van der Waals surface area contributed by atoms with Crippen molar-refractivity contribution in [1.82, 2.24) is 10.2 Å². The van der Waals surface area contributed by atoms with Crippen LogP contribution in [0.25, 0.3) is 15.6 Å². The van der Waals surface area contributed by atoms with Gasteiger partial charge in [-0.05, 0) is 30.2 Å². The third-order valence-corrected chi connectivity index (χ3v) is 6.32. The molecule has 3 N–H and O–H groups in total. The van der Waals surface area contributed by atoms with Crippen molar-refractivity contribution in [2.75, 3.05) is 36.5 Å². The molecule has 4 rings (SSSR count). The van der Waals surface area contributed by atoms with Gasteiger partial charge in [0.2, 0.25) is 0 Å². The maximum Gasteiger partial charge on any atom is 0.188 e. The van der Waals surface area contributed by atoms with Crippen LogP contribution in [0.2, 0.25) is 5.02 Å². The molecular formula is C23H25Cl2N5O2. The predicted molar refractivity (Wildman–Crippen MR) is 130 cm³/mol. The van der Waals surface area contributed by atoms with E-state index in [4.69, 9.17) is 18.2 Å². The van der Waals surface area contributed by atoms with Gasteiger partial charge in [-0.1, -0.05) is 35.9 Å². The summed E-state index contributed by atoms with van der Waals surface area (Å²) in [4.78, 5) is 5.61. The van der Waals surface area contributed by atoms with E-state index in [9.17, 15) is 10.2 Å². The molecule has 2 heterocycles. The van der Waals surface area contributed by atoms with Gasteiger partial charge in [-0.3, -0.25) is 0 Å². The lowest BCUT2D eigenvalue weighted by Crippen LogP contribution is -2.23. The van der Waals surface area contributed by atoms with Crippen LogP contribution in [0.4, 0.5) is 17.3 Å². The number of benzene rings is 2. The van der Waals surface area contributed by atoms with Gasteiger partial charge < -0.3 is 20.4 Å². The Morgan fingerprint density at radius 2 is 1.81 bits per heavy atom. The summed E-state index contributed by atoms with van der Waals surface area (Å²) in [6.45, 7) is 11.1. The molecule has 1 aromatic heterocycles. The molecule has 0 aliphatic carbocycles. The van der Waals surface area contributed by atoms with E-state index >= 15 is 0 Å². The summed E-state index contributed by atoms with van der Waals surface area (Å²) in [5.74, 6) is 1.28. The van der Waals surface area contributed by atoms with Gasteiger partial charge in [0.1, 0.15) is 0 Å². The number of nitrogens with one attached hydrogen (secondary N) is 1. The van der Waals surface area contributed by atoms with Crippen LogP contribution >= 0.6 is 24.0 Å². The summed E-state index contributed by atoms with van der Waals surface area (Å²) >= 11 is 6.24. The van der Waals surface area contributed by atoms with Crippen LogP contribution in [0.15, 0.2) is 36.4 Å². The highest BCUT2D eigenvalue weighted by atomic mass is 35.5. The molecule has 9 heteroatoms. The highest BCUT2D eigenvalue weighted by Gasteiger charge is 2.33. The summed E-state index contributed by atoms with van der Waals surface area (Å²) < 4.78 is 0. The highest BCUT2D eigenvalue weighted by Crippen LogP contribution is 2.35. The molecule has 3 aromatic rings. The zero-order valence-electron chi connectivity index (χ0n) is 17.6. The van der Waals surface area contributed by atoms with Crippen molar-refractivity contribution in [3.8, 4) is 0 Å². The lowest BCUT2D eigenvalue weighted by atomic mass is 9.98. The number of hydrogen-bond acceptors (Lipinski definition) is 6. The van der Waals surface area contributed by atoms with E-state index in [1.165, 1.54) is 0 Å². The predicted octanol–water partition coefficient (Wildman–Crippen LogP) is 4.21. The second-order valence-corrected chi connectivity index (χ2v) is 8.35. The summed E-state index contributed by atoms with van der Waals surface area (Å²) in [5, 5.41) is 33.9. The van der Waals surface area contributed by atoms with Gasteiger partial charge in [0.15, 0.2) is 17.3 Å². The first kappa shape index (κ1) is 24.0. The Kier molecular flexibility index (Phi) is 7.75. The Hall–Kier alpha value is -2.63. The number of aryl methyl sites for hydroxylation is 1. The van der Waals surface area contributed by atoms with Crippen molar-refractivity contribution in [3.63, 3.8) is 0 Å². The van der Waals surface area contributed by atoms with Crippen LogP contribution < -0.4 is 10.2 Å². The van der Waals surface area contributed by atoms with Crippen LogP contribution in [-0.4, -0.2) is 46.7 Å². The largest absolute Gasteiger partial charge is 0.396 e. The number of aliphatic hydroxyl groups is 2. The molecule has 1 aliphatic rings. The van der Waals surface area contributed by atoms with Crippen LogP contribution in [0.1, 0.15) is 11.1 Å². The number of anilines is 2. The second kappa shape index (κ2) is 10.3. The fraction of sp³-hybridized carbons (Fsp3) is 0.348. The fourth-order valence-electron chi connectivity index (χ4n) is 4.02. The SMILES string of the molecule is Cl.[C-]#[N+]c1ccc2c(N3C[C@@H](CO)[C@@H](CO)C3)nnc(NCc3ccc(C)c(Cl)c3)c2c1. The van der Waals surface area contributed by atoms with E-state index in [1.54, 1.807) is 6.07 Å². The molecule has 0 radical (unpaired) electrons. The van der Waals surface area contributed by atoms with Gasteiger partial charge in [-0.25, -0.2) is 4.85 Å². The maximum atomic E-state index is 9.65. The number of rotatable bonds is 6. The van der Waals surface area contributed by atoms with E-state index < -0.39 is 0 Å². The van der Waals surface area contributed by atoms with E-state index in [2.05, 4.69) is 25.3 Å². The quantitative estimate of drug-likeness (QED) is 0.464. The van der Waals surface area contributed by atoms with Gasteiger partial charge in [0, 0.05) is 60.5 Å². The van der Waals surface area contributed by atoms with Gasteiger partial charge >= 0.3 is 0 Å². The monoisotopic (exact) mass is 473 g/mol. The third-order valence-electron chi connectivity index (χ3n) is 5.91. The number of fused-ring (bicyclic) bond motifs is 1. The molecule has 0 saturated carbocycles.